The lowest BCUT2D eigenvalue weighted by Gasteiger charge is -2.04. The molecular formula is C15H15ClN2O. The predicted octanol–water partition coefficient (Wildman–Crippen LogP) is 3.22. The van der Waals surface area contributed by atoms with Crippen molar-refractivity contribution in [3.63, 3.8) is 0 Å². The van der Waals surface area contributed by atoms with Crippen molar-refractivity contribution in [2.75, 3.05) is 0 Å². The van der Waals surface area contributed by atoms with E-state index in [9.17, 15) is 4.79 Å². The highest BCUT2D eigenvalue weighted by atomic mass is 35.5. The molecule has 1 aliphatic carbocycles. The quantitative estimate of drug-likeness (QED) is 0.806. The van der Waals surface area contributed by atoms with Gasteiger partial charge in [-0.15, -0.1) is 0 Å². The van der Waals surface area contributed by atoms with Gasteiger partial charge in [0.15, 0.2) is 5.78 Å². The Hall–Kier alpha value is -1.61. The molecule has 0 saturated carbocycles. The molecule has 2 aromatic rings. The fourth-order valence-electron chi connectivity index (χ4n) is 2.56. The van der Waals surface area contributed by atoms with Gasteiger partial charge in [0, 0.05) is 11.8 Å². The van der Waals surface area contributed by atoms with Gasteiger partial charge in [0.1, 0.15) is 6.54 Å². The van der Waals surface area contributed by atoms with Gasteiger partial charge in [-0.2, -0.15) is 5.10 Å². The molecule has 19 heavy (non-hydrogen) atoms. The molecule has 0 unspecified atom stereocenters. The van der Waals surface area contributed by atoms with Crippen LogP contribution < -0.4 is 0 Å². The fourth-order valence-corrected chi connectivity index (χ4v) is 2.71. The molecule has 0 spiro atoms. The van der Waals surface area contributed by atoms with E-state index in [2.05, 4.69) is 11.2 Å². The molecule has 0 aliphatic heterocycles. The number of Topliss-reactive ketones (excluding diaryl/α,β-unsaturated/α-hetero) is 1. The summed E-state index contributed by atoms with van der Waals surface area (Å²) in [6.45, 7) is 2.07. The Kier molecular flexibility index (Phi) is 3.15. The lowest BCUT2D eigenvalue weighted by Crippen LogP contribution is -2.11. The van der Waals surface area contributed by atoms with Gasteiger partial charge < -0.3 is 0 Å². The number of benzene rings is 1. The van der Waals surface area contributed by atoms with Crippen LogP contribution >= 0.6 is 11.6 Å². The van der Waals surface area contributed by atoms with E-state index in [1.807, 2.05) is 19.1 Å². The van der Waals surface area contributed by atoms with Crippen molar-refractivity contribution in [3.8, 4) is 0 Å². The highest BCUT2D eigenvalue weighted by molar-refractivity contribution is 6.31. The number of nitrogens with zero attached hydrogens (tertiary/aromatic N) is 2. The second-order valence-electron chi connectivity index (χ2n) is 5.02. The monoisotopic (exact) mass is 274 g/mol. The third-order valence-electron chi connectivity index (χ3n) is 3.61. The number of rotatable bonds is 3. The van der Waals surface area contributed by atoms with E-state index in [4.69, 9.17) is 11.6 Å². The minimum Gasteiger partial charge on any atom is -0.292 e. The van der Waals surface area contributed by atoms with Crippen molar-refractivity contribution < 1.29 is 4.79 Å². The second kappa shape index (κ2) is 4.82. The van der Waals surface area contributed by atoms with Crippen molar-refractivity contribution in [2.45, 2.75) is 32.7 Å². The number of aryl methyl sites for hydroxylation is 3. The van der Waals surface area contributed by atoms with Crippen LogP contribution in [0.25, 0.3) is 0 Å². The van der Waals surface area contributed by atoms with Crippen LogP contribution in [0.3, 0.4) is 0 Å². The first kappa shape index (κ1) is 12.4. The molecule has 98 valence electrons. The Morgan fingerprint density at radius 3 is 2.89 bits per heavy atom. The Morgan fingerprint density at radius 2 is 2.16 bits per heavy atom. The number of fused-ring (bicyclic) bond motifs is 1. The molecule has 4 heteroatoms. The first-order valence-electron chi connectivity index (χ1n) is 6.48. The zero-order valence-corrected chi connectivity index (χ0v) is 11.6. The van der Waals surface area contributed by atoms with E-state index in [0.29, 0.717) is 5.02 Å². The molecular weight excluding hydrogens is 260 g/mol. The third-order valence-corrected chi connectivity index (χ3v) is 3.98. The zero-order chi connectivity index (χ0) is 13.4. The van der Waals surface area contributed by atoms with Crippen LogP contribution in [0.15, 0.2) is 24.4 Å². The van der Waals surface area contributed by atoms with Gasteiger partial charge in [0.05, 0.1) is 10.7 Å². The summed E-state index contributed by atoms with van der Waals surface area (Å²) < 4.78 is 1.60. The van der Waals surface area contributed by atoms with E-state index < -0.39 is 0 Å². The number of aromatic nitrogens is 2. The van der Waals surface area contributed by atoms with Gasteiger partial charge in [-0.1, -0.05) is 23.7 Å². The van der Waals surface area contributed by atoms with Crippen LogP contribution in [0.2, 0.25) is 5.02 Å². The van der Waals surface area contributed by atoms with Crippen LogP contribution in [0.1, 0.15) is 33.6 Å². The average molecular weight is 275 g/mol. The summed E-state index contributed by atoms with van der Waals surface area (Å²) in [4.78, 5) is 12.2. The molecule has 0 atom stereocenters. The van der Waals surface area contributed by atoms with Gasteiger partial charge in [-0.3, -0.25) is 9.48 Å². The minimum atomic E-state index is 0.0777. The van der Waals surface area contributed by atoms with Gasteiger partial charge in [0.2, 0.25) is 0 Å². The molecule has 1 aromatic heterocycles. The van der Waals surface area contributed by atoms with E-state index in [-0.39, 0.29) is 12.3 Å². The van der Waals surface area contributed by atoms with Crippen LogP contribution in [-0.2, 0) is 19.4 Å². The first-order valence-corrected chi connectivity index (χ1v) is 6.86. The molecule has 0 radical (unpaired) electrons. The van der Waals surface area contributed by atoms with Crippen molar-refractivity contribution in [1.82, 2.24) is 9.78 Å². The number of hydrogen-bond donors (Lipinski definition) is 0. The summed E-state index contributed by atoms with van der Waals surface area (Å²) in [5.41, 5.74) is 4.23. The van der Waals surface area contributed by atoms with Gasteiger partial charge in [0.25, 0.3) is 0 Å². The van der Waals surface area contributed by atoms with Crippen molar-refractivity contribution in [3.05, 3.63) is 51.8 Å². The molecule has 1 heterocycles. The largest absolute Gasteiger partial charge is 0.292 e. The molecule has 1 aromatic carbocycles. The minimum absolute atomic E-state index is 0.0777. The van der Waals surface area contributed by atoms with Gasteiger partial charge in [-0.25, -0.2) is 0 Å². The number of ketones is 1. The molecule has 0 fully saturated rings. The summed E-state index contributed by atoms with van der Waals surface area (Å²) in [6, 6.07) is 6.03. The Morgan fingerprint density at radius 1 is 1.37 bits per heavy atom. The van der Waals surface area contributed by atoms with Crippen LogP contribution in [0.5, 0.6) is 0 Å². The SMILES string of the molecule is Cc1nn(CC(=O)c2ccc3c(c2)CCC3)cc1Cl. The predicted molar refractivity (Wildman–Crippen MR) is 74.8 cm³/mol. The lowest BCUT2D eigenvalue weighted by atomic mass is 10.0. The van der Waals surface area contributed by atoms with Crippen molar-refractivity contribution >= 4 is 17.4 Å². The van der Waals surface area contributed by atoms with Crippen LogP contribution in [0, 0.1) is 6.92 Å². The van der Waals surface area contributed by atoms with E-state index in [1.165, 1.54) is 17.5 Å². The van der Waals surface area contributed by atoms with Gasteiger partial charge in [-0.05, 0) is 43.4 Å². The molecule has 1 aliphatic rings. The maximum absolute atomic E-state index is 12.2. The maximum Gasteiger partial charge on any atom is 0.184 e. The Bertz CT molecular complexity index is 626. The maximum atomic E-state index is 12.2. The smallest absolute Gasteiger partial charge is 0.184 e. The van der Waals surface area contributed by atoms with Gasteiger partial charge >= 0.3 is 0 Å². The molecule has 0 N–H and O–H groups in total. The summed E-state index contributed by atoms with van der Waals surface area (Å²) in [5, 5.41) is 4.81. The molecule has 3 nitrogen and oxygen atoms in total. The van der Waals surface area contributed by atoms with Crippen molar-refractivity contribution in [1.29, 1.82) is 0 Å². The summed E-state index contributed by atoms with van der Waals surface area (Å²) in [5.74, 6) is 0.0777. The highest BCUT2D eigenvalue weighted by Gasteiger charge is 2.14. The standard InChI is InChI=1S/C15H15ClN2O/c1-10-14(16)8-18(17-10)9-15(19)13-6-5-11-3-2-4-12(11)7-13/h5-8H,2-4,9H2,1H3. The summed E-state index contributed by atoms with van der Waals surface area (Å²) >= 11 is 5.94. The fraction of sp³-hybridized carbons (Fsp3) is 0.333. The average Bonchev–Trinajstić information content (AvgIpc) is 2.96. The lowest BCUT2D eigenvalue weighted by molar-refractivity contribution is 0.0967. The molecule has 0 bridgehead atoms. The normalized spacial score (nSPS) is 13.6. The first-order chi connectivity index (χ1) is 9.13. The van der Waals surface area contributed by atoms with Crippen molar-refractivity contribution in [2.24, 2.45) is 0 Å². The number of hydrogen-bond acceptors (Lipinski definition) is 2. The second-order valence-corrected chi connectivity index (χ2v) is 5.43. The Labute approximate surface area is 117 Å². The van der Waals surface area contributed by atoms with E-state index in [1.54, 1.807) is 10.9 Å². The number of halogens is 1. The summed E-state index contributed by atoms with van der Waals surface area (Å²) in [7, 11) is 0. The van der Waals surface area contributed by atoms with E-state index in [0.717, 1.165) is 24.1 Å². The third kappa shape index (κ3) is 2.43. The number of carbonyl (C=O) groups is 1. The zero-order valence-electron chi connectivity index (χ0n) is 10.8. The molecule has 0 amide bonds. The van der Waals surface area contributed by atoms with E-state index >= 15 is 0 Å². The molecule has 0 saturated heterocycles. The Balaban J connectivity index is 1.80. The number of carbonyl (C=O) groups excluding carboxylic acids is 1. The topological polar surface area (TPSA) is 34.9 Å². The molecule has 3 rings (SSSR count). The van der Waals surface area contributed by atoms with Crippen LogP contribution in [-0.4, -0.2) is 15.6 Å². The summed E-state index contributed by atoms with van der Waals surface area (Å²) in [6.07, 6.45) is 5.12. The van der Waals surface area contributed by atoms with Crippen LogP contribution in [0.4, 0.5) is 0 Å². The highest BCUT2D eigenvalue weighted by Crippen LogP contribution is 2.23.